The fraction of sp³-hybridized carbons (Fsp3) is 0.973. The highest BCUT2D eigenvalue weighted by atomic mass is 16.7. The van der Waals surface area contributed by atoms with Gasteiger partial charge in [-0.15, -0.1) is 0 Å². The first-order chi connectivity index (χ1) is 21.8. The van der Waals surface area contributed by atoms with E-state index in [4.69, 9.17) is 18.9 Å². The third kappa shape index (κ3) is 4.54. The molecule has 0 bridgehead atoms. The average Bonchev–Trinajstić information content (AvgIpc) is 3.61. The zero-order chi connectivity index (χ0) is 34.3. The van der Waals surface area contributed by atoms with Gasteiger partial charge >= 0.3 is 5.97 Å². The molecule has 268 valence electrons. The summed E-state index contributed by atoms with van der Waals surface area (Å²) in [4.78, 5) is 12.1. The van der Waals surface area contributed by atoms with Crippen molar-refractivity contribution >= 4 is 5.97 Å². The number of ether oxygens (including phenoxy) is 4. The first kappa shape index (κ1) is 34.6. The SMILES string of the molecule is CC(=O)O[C@@H](C1C[C@@H](C)[C@H]2C(O1)[C@H](O)[C@@]1(C)C3CC[C@H]4C(C)(C)[C@@H](O[C@@H]5OCC(O)[C@H](O)[C@H]5O)CC[C@@]45CC35CC[C@]21C)C(C)(C)O. The van der Waals surface area contributed by atoms with Crippen molar-refractivity contribution < 1.29 is 49.3 Å². The molecule has 10 nitrogen and oxygen atoms in total. The lowest BCUT2D eigenvalue weighted by atomic mass is 9.41. The topological polar surface area (TPSA) is 155 Å². The second kappa shape index (κ2) is 10.8. The summed E-state index contributed by atoms with van der Waals surface area (Å²) in [7, 11) is 0. The molecule has 7 aliphatic rings. The molecule has 7 fully saturated rings. The number of aliphatic hydroxyl groups excluding tert-OH is 4. The molecule has 0 aromatic carbocycles. The maximum atomic E-state index is 12.5. The van der Waals surface area contributed by atoms with Gasteiger partial charge in [-0.25, -0.2) is 0 Å². The fourth-order valence-corrected chi connectivity index (χ4v) is 13.7. The molecule has 2 spiro atoms. The third-order valence-corrected chi connectivity index (χ3v) is 15.8. The van der Waals surface area contributed by atoms with Crippen LogP contribution in [0, 0.1) is 50.7 Å². The summed E-state index contributed by atoms with van der Waals surface area (Å²) in [5, 5.41) is 54.3. The van der Waals surface area contributed by atoms with E-state index in [1.165, 1.54) is 13.3 Å². The Morgan fingerprint density at radius 3 is 2.26 bits per heavy atom. The van der Waals surface area contributed by atoms with E-state index in [9.17, 15) is 30.3 Å². The van der Waals surface area contributed by atoms with Gasteiger partial charge in [-0.05, 0) is 111 Å². The summed E-state index contributed by atoms with van der Waals surface area (Å²) in [6.45, 7) is 16.2. The Bertz CT molecular complexity index is 1250. The molecule has 47 heavy (non-hydrogen) atoms. The van der Waals surface area contributed by atoms with Gasteiger partial charge in [-0.3, -0.25) is 4.79 Å². The number of carbonyl (C=O) groups excluding carboxylic acids is 1. The molecule has 2 heterocycles. The van der Waals surface area contributed by atoms with Crippen LogP contribution in [-0.4, -0.2) is 98.8 Å². The molecule has 0 radical (unpaired) electrons. The maximum Gasteiger partial charge on any atom is 0.303 e. The van der Waals surface area contributed by atoms with Gasteiger partial charge in [-0.1, -0.05) is 34.6 Å². The van der Waals surface area contributed by atoms with Crippen molar-refractivity contribution in [1.29, 1.82) is 0 Å². The first-order valence-corrected chi connectivity index (χ1v) is 18.3. The number of esters is 1. The second-order valence-electron chi connectivity index (χ2n) is 18.6. The first-order valence-electron chi connectivity index (χ1n) is 18.3. The predicted octanol–water partition coefficient (Wildman–Crippen LogP) is 3.33. The molecule has 0 aromatic rings. The molecule has 2 saturated heterocycles. The van der Waals surface area contributed by atoms with Crippen LogP contribution in [0.2, 0.25) is 0 Å². The molecule has 5 aliphatic carbocycles. The van der Waals surface area contributed by atoms with E-state index in [2.05, 4.69) is 34.6 Å². The van der Waals surface area contributed by atoms with Crippen molar-refractivity contribution in [3.63, 3.8) is 0 Å². The quantitative estimate of drug-likeness (QED) is 0.218. The summed E-state index contributed by atoms with van der Waals surface area (Å²) < 4.78 is 24.6. The Kier molecular flexibility index (Phi) is 7.97. The molecule has 7 rings (SSSR count). The van der Waals surface area contributed by atoms with Crippen LogP contribution in [-0.2, 0) is 23.7 Å². The summed E-state index contributed by atoms with van der Waals surface area (Å²) in [5.41, 5.74) is -1.61. The van der Waals surface area contributed by atoms with E-state index >= 15 is 0 Å². The van der Waals surface area contributed by atoms with Crippen LogP contribution in [0.4, 0.5) is 0 Å². The van der Waals surface area contributed by atoms with Crippen LogP contribution >= 0.6 is 0 Å². The molecular formula is C37H60O10. The van der Waals surface area contributed by atoms with Crippen LogP contribution < -0.4 is 0 Å². The minimum atomic E-state index is -1.30. The normalized spacial score (nSPS) is 55.4. The number of rotatable bonds is 5. The van der Waals surface area contributed by atoms with Crippen molar-refractivity contribution in [3.8, 4) is 0 Å². The Morgan fingerprint density at radius 2 is 1.60 bits per heavy atom. The third-order valence-electron chi connectivity index (χ3n) is 15.8. The minimum absolute atomic E-state index is 0.0683. The Balaban J connectivity index is 1.14. The minimum Gasteiger partial charge on any atom is -0.457 e. The smallest absolute Gasteiger partial charge is 0.303 e. The summed E-state index contributed by atoms with van der Waals surface area (Å²) in [5.74, 6) is 0.717. The molecule has 5 saturated carbocycles. The standard InChI is InChI=1S/C37H60O10/c1-18-15-21(30(33(5,6)43)45-19(2)38)46-28-25(18)34(7)13-14-37-17-36(37)12-11-24(47-31-27(41)26(40)20(39)16-44-31)32(3,4)22(36)9-10-23(37)35(34,8)29(28)42/h18,20-31,39-43H,9-17H2,1-8H3/t18-,20?,21?,22+,23?,24+,25+,26+,27-,28?,29+,30+,31+,34-,35-,36-,37?/m1/s1. The van der Waals surface area contributed by atoms with Gasteiger partial charge < -0.3 is 44.5 Å². The van der Waals surface area contributed by atoms with Gasteiger partial charge in [0.15, 0.2) is 12.4 Å². The molecule has 0 amide bonds. The molecule has 10 heteroatoms. The van der Waals surface area contributed by atoms with Crippen molar-refractivity contribution in [2.75, 3.05) is 6.61 Å². The maximum absolute atomic E-state index is 12.5. The van der Waals surface area contributed by atoms with Crippen LogP contribution in [0.15, 0.2) is 0 Å². The molecule has 17 atom stereocenters. The van der Waals surface area contributed by atoms with Gasteiger partial charge in [-0.2, -0.15) is 0 Å². The molecule has 0 aromatic heterocycles. The lowest BCUT2D eigenvalue weighted by Crippen LogP contribution is -2.61. The van der Waals surface area contributed by atoms with Crippen LogP contribution in [0.25, 0.3) is 0 Å². The number of aliphatic hydroxyl groups is 5. The largest absolute Gasteiger partial charge is 0.457 e. The number of fused-ring (bicyclic) bond motifs is 4. The summed E-state index contributed by atoms with van der Waals surface area (Å²) >= 11 is 0. The van der Waals surface area contributed by atoms with Crippen molar-refractivity contribution in [3.05, 3.63) is 0 Å². The van der Waals surface area contributed by atoms with Crippen LogP contribution in [0.3, 0.4) is 0 Å². The number of carbonyl (C=O) groups is 1. The molecular weight excluding hydrogens is 604 g/mol. The zero-order valence-electron chi connectivity index (χ0n) is 29.6. The van der Waals surface area contributed by atoms with Gasteiger partial charge in [0.1, 0.15) is 18.3 Å². The van der Waals surface area contributed by atoms with Crippen molar-refractivity contribution in [2.24, 2.45) is 50.7 Å². The van der Waals surface area contributed by atoms with Crippen molar-refractivity contribution in [2.45, 2.75) is 167 Å². The number of hydrogen-bond acceptors (Lipinski definition) is 10. The average molecular weight is 665 g/mol. The summed E-state index contributed by atoms with van der Waals surface area (Å²) in [6.07, 6.45) is 0.712. The lowest BCUT2D eigenvalue weighted by molar-refractivity contribution is -0.303. The second-order valence-corrected chi connectivity index (χ2v) is 18.6. The summed E-state index contributed by atoms with van der Waals surface area (Å²) in [6, 6.07) is 0. The highest BCUT2D eigenvalue weighted by Crippen LogP contribution is 2.89. The van der Waals surface area contributed by atoms with Gasteiger partial charge in [0, 0.05) is 12.3 Å². The number of hydrogen-bond donors (Lipinski definition) is 5. The van der Waals surface area contributed by atoms with Gasteiger partial charge in [0.2, 0.25) is 0 Å². The predicted molar refractivity (Wildman–Crippen MR) is 171 cm³/mol. The Labute approximate surface area is 279 Å². The van der Waals surface area contributed by atoms with E-state index in [-0.39, 0.29) is 51.6 Å². The van der Waals surface area contributed by atoms with Crippen LogP contribution in [0.5, 0.6) is 0 Å². The Morgan fingerprint density at radius 1 is 0.936 bits per heavy atom. The van der Waals surface area contributed by atoms with E-state index in [1.54, 1.807) is 13.8 Å². The lowest BCUT2D eigenvalue weighted by Gasteiger charge is -2.64. The van der Waals surface area contributed by atoms with Gasteiger partial charge in [0.05, 0.1) is 36.6 Å². The highest BCUT2D eigenvalue weighted by Gasteiger charge is 2.84. The Hall–Kier alpha value is -0.850. The van der Waals surface area contributed by atoms with E-state index in [0.29, 0.717) is 18.3 Å². The van der Waals surface area contributed by atoms with Crippen LogP contribution in [0.1, 0.15) is 107 Å². The zero-order valence-corrected chi connectivity index (χ0v) is 29.6. The van der Waals surface area contributed by atoms with E-state index < -0.39 is 60.6 Å². The van der Waals surface area contributed by atoms with Gasteiger partial charge in [0.25, 0.3) is 0 Å². The van der Waals surface area contributed by atoms with E-state index in [0.717, 1.165) is 38.5 Å². The molecule has 5 unspecified atom stereocenters. The van der Waals surface area contributed by atoms with E-state index in [1.807, 2.05) is 0 Å². The molecule has 2 aliphatic heterocycles. The highest BCUT2D eigenvalue weighted by molar-refractivity contribution is 5.66. The monoisotopic (exact) mass is 664 g/mol. The van der Waals surface area contributed by atoms with Crippen molar-refractivity contribution in [1.82, 2.24) is 0 Å². The molecule has 5 N–H and O–H groups in total. The fourth-order valence-electron chi connectivity index (χ4n) is 13.7.